The lowest BCUT2D eigenvalue weighted by atomic mass is 10.2. The first-order chi connectivity index (χ1) is 7.29. The molecular weight excluding hydrogens is 210 g/mol. The predicted octanol–water partition coefficient (Wildman–Crippen LogP) is 3.53. The van der Waals surface area contributed by atoms with Gasteiger partial charge in [-0.1, -0.05) is 11.6 Å². The summed E-state index contributed by atoms with van der Waals surface area (Å²) in [5.74, 6) is 0.769. The normalized spacial score (nSPS) is 16.3. The van der Waals surface area contributed by atoms with Crippen LogP contribution in [0.5, 0.6) is 5.75 Å². The molecule has 2 nitrogen and oxygen atoms in total. The lowest BCUT2D eigenvalue weighted by Gasteiger charge is -2.13. The zero-order valence-corrected chi connectivity index (χ0v) is 9.13. The summed E-state index contributed by atoms with van der Waals surface area (Å²) in [7, 11) is 0. The van der Waals surface area contributed by atoms with Crippen molar-refractivity contribution in [2.45, 2.75) is 31.8 Å². The predicted molar refractivity (Wildman–Crippen MR) is 59.1 cm³/mol. The van der Waals surface area contributed by atoms with Gasteiger partial charge in [0.1, 0.15) is 11.8 Å². The number of hydrogen-bond donors (Lipinski definition) is 0. The summed E-state index contributed by atoms with van der Waals surface area (Å²) in [5.41, 5.74) is 0.496. The van der Waals surface area contributed by atoms with Crippen LogP contribution in [-0.2, 0) is 0 Å². The second-order valence-corrected chi connectivity index (χ2v) is 4.18. The molecule has 15 heavy (non-hydrogen) atoms. The van der Waals surface area contributed by atoms with Crippen LogP contribution in [0.25, 0.3) is 0 Å². The third-order valence-electron chi connectivity index (χ3n) is 2.67. The van der Waals surface area contributed by atoms with E-state index in [1.807, 2.05) is 12.1 Å². The Morgan fingerprint density at radius 1 is 1.33 bits per heavy atom. The van der Waals surface area contributed by atoms with Crippen LogP contribution < -0.4 is 4.74 Å². The summed E-state index contributed by atoms with van der Waals surface area (Å²) in [5, 5.41) is 9.18. The SMILES string of the molecule is N#Cc1ccc(OC2CCCC2)cc1Cl. The Hall–Kier alpha value is -1.20. The van der Waals surface area contributed by atoms with E-state index in [0.29, 0.717) is 16.7 Å². The van der Waals surface area contributed by atoms with Gasteiger partial charge in [0.25, 0.3) is 0 Å². The van der Waals surface area contributed by atoms with Gasteiger partial charge in [0.05, 0.1) is 16.7 Å². The third kappa shape index (κ3) is 2.43. The molecule has 0 radical (unpaired) electrons. The van der Waals surface area contributed by atoms with Crippen LogP contribution in [0, 0.1) is 11.3 Å². The fourth-order valence-corrected chi connectivity index (χ4v) is 2.07. The van der Waals surface area contributed by atoms with E-state index in [1.54, 1.807) is 12.1 Å². The van der Waals surface area contributed by atoms with Gasteiger partial charge in [-0.15, -0.1) is 0 Å². The van der Waals surface area contributed by atoms with Crippen molar-refractivity contribution in [3.63, 3.8) is 0 Å². The van der Waals surface area contributed by atoms with E-state index in [0.717, 1.165) is 18.6 Å². The maximum Gasteiger partial charge on any atom is 0.121 e. The summed E-state index contributed by atoms with van der Waals surface area (Å²) < 4.78 is 5.76. The van der Waals surface area contributed by atoms with E-state index >= 15 is 0 Å². The summed E-state index contributed by atoms with van der Waals surface area (Å²) in [6, 6.07) is 7.26. The molecule has 0 bridgehead atoms. The molecule has 0 unspecified atom stereocenters. The molecule has 0 heterocycles. The Bertz CT molecular complexity index is 391. The van der Waals surface area contributed by atoms with Crippen LogP contribution in [0.15, 0.2) is 18.2 Å². The standard InChI is InChI=1S/C12H12ClNO/c13-12-7-11(6-5-9(12)8-14)15-10-3-1-2-4-10/h5-7,10H,1-4H2. The van der Waals surface area contributed by atoms with Gasteiger partial charge in [0.2, 0.25) is 0 Å². The largest absolute Gasteiger partial charge is 0.490 e. The Balaban J connectivity index is 2.09. The molecule has 1 aliphatic carbocycles. The van der Waals surface area contributed by atoms with E-state index in [4.69, 9.17) is 21.6 Å². The number of nitriles is 1. The van der Waals surface area contributed by atoms with Gasteiger partial charge in [-0.05, 0) is 37.8 Å². The highest BCUT2D eigenvalue weighted by atomic mass is 35.5. The molecule has 0 spiro atoms. The summed E-state index contributed by atoms with van der Waals surface area (Å²) in [6.45, 7) is 0. The number of ether oxygens (including phenoxy) is 1. The minimum atomic E-state index is 0.328. The molecule has 3 heteroatoms. The first-order valence-electron chi connectivity index (χ1n) is 5.16. The molecule has 0 aromatic heterocycles. The monoisotopic (exact) mass is 221 g/mol. The molecule has 1 fully saturated rings. The van der Waals surface area contributed by atoms with Gasteiger partial charge in [-0.25, -0.2) is 0 Å². The minimum absolute atomic E-state index is 0.328. The van der Waals surface area contributed by atoms with E-state index in [2.05, 4.69) is 0 Å². The molecule has 0 saturated heterocycles. The number of rotatable bonds is 2. The van der Waals surface area contributed by atoms with E-state index in [-0.39, 0.29) is 0 Å². The van der Waals surface area contributed by atoms with E-state index < -0.39 is 0 Å². The highest BCUT2D eigenvalue weighted by molar-refractivity contribution is 6.31. The van der Waals surface area contributed by atoms with Crippen molar-refractivity contribution >= 4 is 11.6 Å². The molecule has 1 aromatic carbocycles. The van der Waals surface area contributed by atoms with Crippen molar-refractivity contribution in [2.75, 3.05) is 0 Å². The second kappa shape index (κ2) is 4.55. The zero-order valence-electron chi connectivity index (χ0n) is 8.37. The Morgan fingerprint density at radius 3 is 2.67 bits per heavy atom. The lowest BCUT2D eigenvalue weighted by Crippen LogP contribution is -2.10. The summed E-state index contributed by atoms with van der Waals surface area (Å²) >= 11 is 5.91. The molecule has 78 valence electrons. The molecule has 0 N–H and O–H groups in total. The van der Waals surface area contributed by atoms with Crippen LogP contribution >= 0.6 is 11.6 Å². The Labute approximate surface area is 94.4 Å². The van der Waals surface area contributed by atoms with Gasteiger partial charge in [-0.2, -0.15) is 5.26 Å². The molecule has 0 amide bonds. The van der Waals surface area contributed by atoms with E-state index in [1.165, 1.54) is 12.8 Å². The summed E-state index contributed by atoms with van der Waals surface area (Å²) in [6.07, 6.45) is 5.06. The van der Waals surface area contributed by atoms with Crippen LogP contribution in [0.1, 0.15) is 31.2 Å². The Morgan fingerprint density at radius 2 is 2.07 bits per heavy atom. The highest BCUT2D eigenvalue weighted by Crippen LogP contribution is 2.27. The van der Waals surface area contributed by atoms with Crippen molar-refractivity contribution in [3.8, 4) is 11.8 Å². The van der Waals surface area contributed by atoms with Crippen molar-refractivity contribution in [1.29, 1.82) is 5.26 Å². The maximum absolute atomic E-state index is 8.72. The molecule has 1 saturated carbocycles. The molecule has 0 aliphatic heterocycles. The molecule has 1 aromatic rings. The first kappa shape index (κ1) is 10.3. The van der Waals surface area contributed by atoms with E-state index in [9.17, 15) is 0 Å². The van der Waals surface area contributed by atoms with Gasteiger partial charge in [0, 0.05) is 6.07 Å². The quantitative estimate of drug-likeness (QED) is 0.766. The molecule has 1 aliphatic rings. The maximum atomic E-state index is 8.72. The highest BCUT2D eigenvalue weighted by Gasteiger charge is 2.16. The average Bonchev–Trinajstić information content (AvgIpc) is 2.71. The minimum Gasteiger partial charge on any atom is -0.490 e. The van der Waals surface area contributed by atoms with Crippen LogP contribution in [-0.4, -0.2) is 6.10 Å². The van der Waals surface area contributed by atoms with Crippen molar-refractivity contribution in [1.82, 2.24) is 0 Å². The smallest absolute Gasteiger partial charge is 0.121 e. The molecule has 0 atom stereocenters. The second-order valence-electron chi connectivity index (χ2n) is 3.78. The Kier molecular flexibility index (Phi) is 3.13. The van der Waals surface area contributed by atoms with Gasteiger partial charge in [-0.3, -0.25) is 0 Å². The van der Waals surface area contributed by atoms with Crippen LogP contribution in [0.4, 0.5) is 0 Å². The third-order valence-corrected chi connectivity index (χ3v) is 2.98. The van der Waals surface area contributed by atoms with Crippen molar-refractivity contribution in [2.24, 2.45) is 0 Å². The van der Waals surface area contributed by atoms with Gasteiger partial charge in [0.15, 0.2) is 0 Å². The molecular formula is C12H12ClNO. The molecule has 2 rings (SSSR count). The zero-order chi connectivity index (χ0) is 10.7. The van der Waals surface area contributed by atoms with Crippen molar-refractivity contribution < 1.29 is 4.74 Å². The van der Waals surface area contributed by atoms with Crippen LogP contribution in [0.2, 0.25) is 5.02 Å². The topological polar surface area (TPSA) is 33.0 Å². The first-order valence-corrected chi connectivity index (χ1v) is 5.53. The summed E-state index contributed by atoms with van der Waals surface area (Å²) in [4.78, 5) is 0. The number of hydrogen-bond acceptors (Lipinski definition) is 2. The number of halogens is 1. The van der Waals surface area contributed by atoms with Gasteiger partial charge < -0.3 is 4.74 Å². The fraction of sp³-hybridized carbons (Fsp3) is 0.417. The fourth-order valence-electron chi connectivity index (χ4n) is 1.86. The van der Waals surface area contributed by atoms with Gasteiger partial charge >= 0.3 is 0 Å². The number of nitrogens with zero attached hydrogens (tertiary/aromatic N) is 1. The number of benzene rings is 1. The van der Waals surface area contributed by atoms with Crippen LogP contribution in [0.3, 0.4) is 0 Å². The van der Waals surface area contributed by atoms with Crippen molar-refractivity contribution in [3.05, 3.63) is 28.8 Å². The lowest BCUT2D eigenvalue weighted by molar-refractivity contribution is 0.210. The average molecular weight is 222 g/mol.